The Bertz CT molecular complexity index is 633. The van der Waals surface area contributed by atoms with Gasteiger partial charge in [-0.15, -0.1) is 0 Å². The van der Waals surface area contributed by atoms with Gasteiger partial charge in [0.2, 0.25) is 5.91 Å². The first-order valence-corrected chi connectivity index (χ1v) is 7.22. The van der Waals surface area contributed by atoms with Crippen molar-refractivity contribution in [1.29, 1.82) is 0 Å². The summed E-state index contributed by atoms with van der Waals surface area (Å²) in [5.74, 6) is -0.302. The monoisotopic (exact) mass is 333 g/mol. The molecule has 2 nitrogen and oxygen atoms in total. The summed E-state index contributed by atoms with van der Waals surface area (Å²) >= 11 is 3.36. The molecule has 1 fully saturated rings. The molecule has 0 atom stereocenters. The maximum Gasteiger partial charge on any atom is 0.235 e. The van der Waals surface area contributed by atoms with E-state index in [1.807, 2.05) is 24.3 Å². The third-order valence-electron chi connectivity index (χ3n) is 3.68. The fourth-order valence-corrected chi connectivity index (χ4v) is 2.59. The van der Waals surface area contributed by atoms with E-state index in [0.29, 0.717) is 0 Å². The Morgan fingerprint density at radius 1 is 1.05 bits per heavy atom. The second kappa shape index (κ2) is 5.02. The van der Waals surface area contributed by atoms with Crippen LogP contribution in [0.1, 0.15) is 18.4 Å². The number of hydrogen-bond acceptors (Lipinski definition) is 1. The molecule has 0 aromatic heterocycles. The highest BCUT2D eigenvalue weighted by atomic mass is 79.9. The molecule has 0 unspecified atom stereocenters. The molecule has 0 bridgehead atoms. The molecule has 1 saturated carbocycles. The Morgan fingerprint density at radius 2 is 1.65 bits per heavy atom. The van der Waals surface area contributed by atoms with Gasteiger partial charge in [-0.05, 0) is 54.8 Å². The van der Waals surface area contributed by atoms with Crippen LogP contribution in [-0.2, 0) is 10.2 Å². The number of hydrogen-bond donors (Lipinski definition) is 1. The zero-order valence-electron chi connectivity index (χ0n) is 10.7. The average molecular weight is 334 g/mol. The summed E-state index contributed by atoms with van der Waals surface area (Å²) in [6.45, 7) is 0. The van der Waals surface area contributed by atoms with E-state index >= 15 is 0 Å². The minimum atomic E-state index is -0.485. The molecule has 3 rings (SSSR count). The Balaban J connectivity index is 1.79. The minimum Gasteiger partial charge on any atom is -0.325 e. The van der Waals surface area contributed by atoms with Crippen molar-refractivity contribution >= 4 is 27.5 Å². The zero-order chi connectivity index (χ0) is 14.2. The van der Waals surface area contributed by atoms with Crippen molar-refractivity contribution in [2.75, 3.05) is 5.32 Å². The van der Waals surface area contributed by atoms with E-state index in [0.717, 1.165) is 28.6 Å². The van der Waals surface area contributed by atoms with Gasteiger partial charge in [0.15, 0.2) is 0 Å². The third kappa shape index (κ3) is 2.48. The molecule has 2 aromatic carbocycles. The highest BCUT2D eigenvalue weighted by Gasteiger charge is 2.51. The summed E-state index contributed by atoms with van der Waals surface area (Å²) < 4.78 is 13.9. The van der Waals surface area contributed by atoms with Gasteiger partial charge < -0.3 is 5.32 Å². The van der Waals surface area contributed by atoms with Gasteiger partial charge in [0.25, 0.3) is 0 Å². The van der Waals surface area contributed by atoms with Gasteiger partial charge in [-0.2, -0.15) is 0 Å². The quantitative estimate of drug-likeness (QED) is 0.893. The predicted octanol–water partition coefficient (Wildman–Crippen LogP) is 4.26. The smallest absolute Gasteiger partial charge is 0.235 e. The van der Waals surface area contributed by atoms with Crippen molar-refractivity contribution in [3.8, 4) is 0 Å². The number of carbonyl (C=O) groups excluding carboxylic acids is 1. The molecule has 1 amide bonds. The molecule has 1 aliphatic carbocycles. The maximum absolute atomic E-state index is 13.0. The van der Waals surface area contributed by atoms with E-state index in [2.05, 4.69) is 21.2 Å². The summed E-state index contributed by atoms with van der Waals surface area (Å²) in [5, 5.41) is 2.93. The van der Waals surface area contributed by atoms with Crippen LogP contribution in [0.3, 0.4) is 0 Å². The molecular formula is C16H13BrFNO. The second-order valence-corrected chi connectivity index (χ2v) is 5.97. The number of rotatable bonds is 3. The van der Waals surface area contributed by atoms with Gasteiger partial charge in [-0.3, -0.25) is 4.79 Å². The van der Waals surface area contributed by atoms with Gasteiger partial charge in [0.05, 0.1) is 5.41 Å². The summed E-state index contributed by atoms with van der Waals surface area (Å²) in [7, 11) is 0. The number of benzene rings is 2. The second-order valence-electron chi connectivity index (χ2n) is 5.05. The number of nitrogens with one attached hydrogen (secondary N) is 1. The fraction of sp³-hybridized carbons (Fsp3) is 0.188. The predicted molar refractivity (Wildman–Crippen MR) is 80.1 cm³/mol. The van der Waals surface area contributed by atoms with Crippen LogP contribution in [0.15, 0.2) is 53.0 Å². The van der Waals surface area contributed by atoms with Crippen LogP contribution < -0.4 is 5.32 Å². The lowest BCUT2D eigenvalue weighted by Gasteiger charge is -2.16. The lowest BCUT2D eigenvalue weighted by atomic mass is 9.95. The van der Waals surface area contributed by atoms with E-state index in [4.69, 9.17) is 0 Å². The van der Waals surface area contributed by atoms with E-state index in [1.165, 1.54) is 12.1 Å². The zero-order valence-corrected chi connectivity index (χ0v) is 12.3. The van der Waals surface area contributed by atoms with Gasteiger partial charge in [0, 0.05) is 10.2 Å². The molecule has 1 N–H and O–H groups in total. The Labute approximate surface area is 125 Å². The lowest BCUT2D eigenvalue weighted by Crippen LogP contribution is -2.27. The van der Waals surface area contributed by atoms with Gasteiger partial charge in [-0.25, -0.2) is 4.39 Å². The standard InChI is InChI=1S/C16H13BrFNO/c17-12-3-7-14(8-4-12)19-15(20)16(9-10-16)11-1-5-13(18)6-2-11/h1-8H,9-10H2,(H,19,20). The van der Waals surface area contributed by atoms with Crippen molar-refractivity contribution in [2.45, 2.75) is 18.3 Å². The largest absolute Gasteiger partial charge is 0.325 e. The minimum absolute atomic E-state index is 0.0218. The van der Waals surface area contributed by atoms with Crippen LogP contribution in [0.5, 0.6) is 0 Å². The molecule has 20 heavy (non-hydrogen) atoms. The molecule has 4 heteroatoms. The first kappa shape index (κ1) is 13.3. The first-order chi connectivity index (χ1) is 9.60. The van der Waals surface area contributed by atoms with Crippen LogP contribution >= 0.6 is 15.9 Å². The topological polar surface area (TPSA) is 29.1 Å². The van der Waals surface area contributed by atoms with Gasteiger partial charge in [-0.1, -0.05) is 28.1 Å². The van der Waals surface area contributed by atoms with Crippen LogP contribution in [-0.4, -0.2) is 5.91 Å². The summed E-state index contributed by atoms with van der Waals surface area (Å²) in [5.41, 5.74) is 1.17. The summed E-state index contributed by atoms with van der Waals surface area (Å²) in [6.07, 6.45) is 1.61. The number of carbonyl (C=O) groups is 1. The molecule has 102 valence electrons. The van der Waals surface area contributed by atoms with Crippen molar-refractivity contribution in [2.24, 2.45) is 0 Å². The SMILES string of the molecule is O=C(Nc1ccc(Br)cc1)C1(c2ccc(F)cc2)CC1. The van der Waals surface area contributed by atoms with Gasteiger partial charge in [0.1, 0.15) is 5.82 Å². The molecule has 2 aromatic rings. The average Bonchev–Trinajstić information content (AvgIpc) is 3.24. The molecular weight excluding hydrogens is 321 g/mol. The molecule has 1 aliphatic rings. The van der Waals surface area contributed by atoms with Crippen LogP contribution in [0.2, 0.25) is 0 Å². The normalized spacial score (nSPS) is 15.7. The Hall–Kier alpha value is -1.68. The highest BCUT2D eigenvalue weighted by molar-refractivity contribution is 9.10. The summed E-state index contributed by atoms with van der Waals surface area (Å²) in [4.78, 5) is 12.5. The number of halogens is 2. The Kier molecular flexibility index (Phi) is 3.34. The van der Waals surface area contributed by atoms with Crippen LogP contribution in [0, 0.1) is 5.82 Å². The van der Waals surface area contributed by atoms with Crippen molar-refractivity contribution in [1.82, 2.24) is 0 Å². The van der Waals surface area contributed by atoms with Crippen molar-refractivity contribution < 1.29 is 9.18 Å². The molecule has 0 radical (unpaired) electrons. The van der Waals surface area contributed by atoms with Crippen LogP contribution in [0.25, 0.3) is 0 Å². The van der Waals surface area contributed by atoms with E-state index in [-0.39, 0.29) is 11.7 Å². The fourth-order valence-electron chi connectivity index (χ4n) is 2.32. The number of anilines is 1. The van der Waals surface area contributed by atoms with Crippen molar-refractivity contribution in [3.05, 3.63) is 64.4 Å². The van der Waals surface area contributed by atoms with Crippen molar-refractivity contribution in [3.63, 3.8) is 0 Å². The lowest BCUT2D eigenvalue weighted by molar-refractivity contribution is -0.118. The molecule has 0 aliphatic heterocycles. The highest BCUT2D eigenvalue weighted by Crippen LogP contribution is 2.49. The van der Waals surface area contributed by atoms with Gasteiger partial charge >= 0.3 is 0 Å². The molecule has 0 saturated heterocycles. The van der Waals surface area contributed by atoms with E-state index in [9.17, 15) is 9.18 Å². The van der Waals surface area contributed by atoms with Crippen LogP contribution in [0.4, 0.5) is 10.1 Å². The molecule has 0 spiro atoms. The van der Waals surface area contributed by atoms with E-state index in [1.54, 1.807) is 12.1 Å². The molecule has 0 heterocycles. The Morgan fingerprint density at radius 3 is 2.20 bits per heavy atom. The maximum atomic E-state index is 13.0. The third-order valence-corrected chi connectivity index (χ3v) is 4.21. The number of amides is 1. The van der Waals surface area contributed by atoms with E-state index < -0.39 is 5.41 Å². The summed E-state index contributed by atoms with van der Waals surface area (Å²) in [6, 6.07) is 13.7. The first-order valence-electron chi connectivity index (χ1n) is 6.43.